The van der Waals surface area contributed by atoms with E-state index in [-0.39, 0.29) is 0 Å². The minimum Gasteiger partial charge on any atom is -0.309 e. The molecule has 0 saturated heterocycles. The van der Waals surface area contributed by atoms with Crippen LogP contribution in [0.4, 0.5) is 11.4 Å². The van der Waals surface area contributed by atoms with E-state index in [0.717, 1.165) is 75.2 Å². The molecule has 214 valence electrons. The second-order valence-corrected chi connectivity index (χ2v) is 12.4. The number of fused-ring (bicyclic) bond motifs is 10. The predicted octanol–water partition coefficient (Wildman–Crippen LogP) is 11.1. The van der Waals surface area contributed by atoms with E-state index in [1.807, 2.05) is 72.8 Å². The van der Waals surface area contributed by atoms with E-state index in [9.17, 15) is 10.5 Å². The van der Waals surface area contributed by atoms with Crippen molar-refractivity contribution in [2.45, 2.75) is 0 Å². The summed E-state index contributed by atoms with van der Waals surface area (Å²) in [6, 6.07) is 40.3. The van der Waals surface area contributed by atoms with E-state index in [0.29, 0.717) is 22.5 Å². The van der Waals surface area contributed by atoms with Crippen molar-refractivity contribution < 1.29 is 0 Å². The van der Waals surface area contributed by atoms with Gasteiger partial charge in [-0.3, -0.25) is 0 Å². The van der Waals surface area contributed by atoms with Crippen LogP contribution in [0.3, 0.4) is 0 Å². The normalized spacial score (nSPS) is 11.3. The van der Waals surface area contributed by atoms with E-state index in [1.54, 1.807) is 0 Å². The largest absolute Gasteiger partial charge is 0.309 e. The van der Waals surface area contributed by atoms with Crippen LogP contribution in [0.5, 0.6) is 0 Å². The SMILES string of the molecule is [C-]#[N+]c1cccc2c1sc1c([N+]#[C-])cc3c4ccccc4n(-c4cccc(-n5c6ccc(C#N)cc6c6cc(C#N)ccc65)c4)c3c12. The molecule has 47 heavy (non-hydrogen) atoms. The average Bonchev–Trinajstić information content (AvgIpc) is 3.78. The molecule has 9 aromatic rings. The van der Waals surface area contributed by atoms with Gasteiger partial charge in [-0.2, -0.15) is 21.9 Å². The lowest BCUT2D eigenvalue weighted by Crippen LogP contribution is -1.99. The summed E-state index contributed by atoms with van der Waals surface area (Å²) in [7, 11) is 0. The molecule has 7 heteroatoms. The van der Waals surface area contributed by atoms with Gasteiger partial charge in [-0.25, -0.2) is 9.69 Å². The number of thiophene rings is 1. The summed E-state index contributed by atoms with van der Waals surface area (Å²) >= 11 is 1.51. The molecule has 0 saturated carbocycles. The Hall–Kier alpha value is -6.90. The molecule has 3 aromatic heterocycles. The highest BCUT2D eigenvalue weighted by atomic mass is 32.1. The van der Waals surface area contributed by atoms with Gasteiger partial charge in [0.25, 0.3) is 0 Å². The molecule has 0 N–H and O–H groups in total. The predicted molar refractivity (Wildman–Crippen MR) is 190 cm³/mol. The number of para-hydroxylation sites is 1. The first-order valence-electron chi connectivity index (χ1n) is 14.8. The van der Waals surface area contributed by atoms with Gasteiger partial charge in [-0.1, -0.05) is 42.5 Å². The summed E-state index contributed by atoms with van der Waals surface area (Å²) in [5.41, 5.74) is 8.06. The number of aromatic nitrogens is 2. The molecule has 0 aliphatic carbocycles. The Morgan fingerprint density at radius 1 is 0.532 bits per heavy atom. The van der Waals surface area contributed by atoms with Crippen LogP contribution in [0.1, 0.15) is 11.1 Å². The van der Waals surface area contributed by atoms with Crippen molar-refractivity contribution in [3.05, 3.63) is 143 Å². The molecular weight excluding hydrogens is 597 g/mol. The van der Waals surface area contributed by atoms with Crippen molar-refractivity contribution in [1.29, 1.82) is 10.5 Å². The first kappa shape index (κ1) is 26.5. The van der Waals surface area contributed by atoms with Gasteiger partial charge in [0.1, 0.15) is 0 Å². The van der Waals surface area contributed by atoms with Gasteiger partial charge in [0.15, 0.2) is 0 Å². The Morgan fingerprint density at radius 3 is 1.83 bits per heavy atom. The smallest absolute Gasteiger partial charge is 0.205 e. The molecule has 0 radical (unpaired) electrons. The lowest BCUT2D eigenvalue weighted by atomic mass is 10.1. The van der Waals surface area contributed by atoms with Gasteiger partial charge in [0, 0.05) is 42.3 Å². The molecule has 0 aliphatic rings. The first-order valence-corrected chi connectivity index (χ1v) is 15.6. The maximum absolute atomic E-state index is 9.65. The van der Waals surface area contributed by atoms with Crippen LogP contribution >= 0.6 is 11.3 Å². The highest BCUT2D eigenvalue weighted by molar-refractivity contribution is 7.27. The number of hydrogen-bond acceptors (Lipinski definition) is 3. The molecular formula is C40H18N6S. The molecule has 0 fully saturated rings. The summed E-state index contributed by atoms with van der Waals surface area (Å²) in [5, 5.41) is 25.1. The maximum atomic E-state index is 9.65. The number of rotatable bonds is 2. The quantitative estimate of drug-likeness (QED) is 0.182. The van der Waals surface area contributed by atoms with Crippen molar-refractivity contribution in [3.8, 4) is 23.5 Å². The van der Waals surface area contributed by atoms with Crippen LogP contribution in [-0.4, -0.2) is 9.13 Å². The zero-order chi connectivity index (χ0) is 31.8. The van der Waals surface area contributed by atoms with Gasteiger partial charge in [-0.15, -0.1) is 0 Å². The Kier molecular flexibility index (Phi) is 5.53. The average molecular weight is 615 g/mol. The fraction of sp³-hybridized carbons (Fsp3) is 0. The van der Waals surface area contributed by atoms with Crippen LogP contribution in [-0.2, 0) is 0 Å². The Labute approximate surface area is 272 Å². The Balaban J connectivity index is 1.41. The van der Waals surface area contributed by atoms with E-state index >= 15 is 0 Å². The monoisotopic (exact) mass is 614 g/mol. The lowest BCUT2D eigenvalue weighted by Gasteiger charge is -2.13. The number of hydrogen-bond donors (Lipinski definition) is 0. The van der Waals surface area contributed by atoms with Crippen LogP contribution in [0, 0.1) is 35.8 Å². The molecule has 3 heterocycles. The van der Waals surface area contributed by atoms with Gasteiger partial charge in [0.05, 0.1) is 58.5 Å². The third kappa shape index (κ3) is 3.61. The molecule has 0 aliphatic heterocycles. The van der Waals surface area contributed by atoms with Crippen LogP contribution < -0.4 is 0 Å². The van der Waals surface area contributed by atoms with Crippen LogP contribution in [0.15, 0.2) is 109 Å². The van der Waals surface area contributed by atoms with Gasteiger partial charge in [0.2, 0.25) is 11.4 Å². The van der Waals surface area contributed by atoms with Crippen LogP contribution in [0.25, 0.3) is 84.8 Å². The van der Waals surface area contributed by atoms with E-state index < -0.39 is 0 Å². The van der Waals surface area contributed by atoms with Crippen molar-refractivity contribution >= 4 is 86.5 Å². The summed E-state index contributed by atoms with van der Waals surface area (Å²) < 4.78 is 6.22. The van der Waals surface area contributed by atoms with Gasteiger partial charge < -0.3 is 9.13 Å². The summed E-state index contributed by atoms with van der Waals surface area (Å²) in [4.78, 5) is 7.75. The maximum Gasteiger partial charge on any atom is 0.205 e. The highest BCUT2D eigenvalue weighted by Crippen LogP contribution is 2.49. The standard InChI is InChI=1S/C40H18N6S/c1-43-32-11-6-10-28-37-38-31(20-33(44-2)40(37)47-39(28)32)27-9-3-4-12-34(27)46(38)26-8-5-7-25(19-26)45-35-15-13-23(21-41)17-29(35)30-18-24(22-42)14-16-36(30)45/h3-20H. The second kappa shape index (κ2) is 9.80. The van der Waals surface area contributed by atoms with Crippen LogP contribution in [0.2, 0.25) is 0 Å². The molecule has 0 bridgehead atoms. The number of nitrogens with zero attached hydrogens (tertiary/aromatic N) is 6. The Morgan fingerprint density at radius 2 is 1.15 bits per heavy atom. The molecule has 9 rings (SSSR count). The van der Waals surface area contributed by atoms with E-state index in [1.165, 1.54) is 11.3 Å². The Bertz CT molecular complexity index is 2950. The van der Waals surface area contributed by atoms with Gasteiger partial charge in [-0.05, 0) is 77.5 Å². The van der Waals surface area contributed by atoms with E-state index in [2.05, 4.69) is 67.4 Å². The fourth-order valence-electron chi connectivity index (χ4n) is 7.03. The van der Waals surface area contributed by atoms with Gasteiger partial charge >= 0.3 is 0 Å². The summed E-state index contributed by atoms with van der Waals surface area (Å²) in [6.07, 6.45) is 0. The number of benzene rings is 6. The van der Waals surface area contributed by atoms with E-state index in [4.69, 9.17) is 13.1 Å². The molecule has 6 nitrogen and oxygen atoms in total. The fourth-order valence-corrected chi connectivity index (χ4v) is 8.25. The third-order valence-corrected chi connectivity index (χ3v) is 10.2. The molecule has 0 amide bonds. The summed E-state index contributed by atoms with van der Waals surface area (Å²) in [6.45, 7) is 15.9. The molecule has 0 atom stereocenters. The first-order chi connectivity index (χ1) is 23.1. The minimum atomic E-state index is 0.560. The minimum absolute atomic E-state index is 0.560. The zero-order valence-corrected chi connectivity index (χ0v) is 25.3. The number of nitriles is 2. The van der Waals surface area contributed by atoms with Crippen molar-refractivity contribution in [1.82, 2.24) is 9.13 Å². The lowest BCUT2D eigenvalue weighted by molar-refractivity contribution is 1.14. The molecule has 0 unspecified atom stereocenters. The topological polar surface area (TPSA) is 66.2 Å². The van der Waals surface area contributed by atoms with Crippen molar-refractivity contribution in [2.24, 2.45) is 0 Å². The summed E-state index contributed by atoms with van der Waals surface area (Å²) in [5.74, 6) is 0. The zero-order valence-electron chi connectivity index (χ0n) is 24.5. The third-order valence-electron chi connectivity index (χ3n) is 8.97. The molecule has 6 aromatic carbocycles. The molecule has 0 spiro atoms. The van der Waals surface area contributed by atoms with Crippen molar-refractivity contribution in [3.63, 3.8) is 0 Å². The highest BCUT2D eigenvalue weighted by Gasteiger charge is 2.22. The second-order valence-electron chi connectivity index (χ2n) is 11.4. The van der Waals surface area contributed by atoms with Crippen molar-refractivity contribution in [2.75, 3.05) is 0 Å².